The SMILES string of the molecule is CCCC(C)(CC)C(=O)N(C(C)C)C(C)C. The average Bonchev–Trinajstić information content (AvgIpc) is 2.16. The predicted octanol–water partition coefficient (Wildman–Crippen LogP) is 3.85. The lowest BCUT2D eigenvalue weighted by Gasteiger charge is -2.38. The maximum Gasteiger partial charge on any atom is 0.228 e. The molecule has 96 valence electrons. The molecule has 0 fully saturated rings. The van der Waals surface area contributed by atoms with Gasteiger partial charge in [0.15, 0.2) is 0 Å². The molecule has 0 rings (SSSR count). The summed E-state index contributed by atoms with van der Waals surface area (Å²) in [7, 11) is 0. The Morgan fingerprint density at radius 3 is 1.81 bits per heavy atom. The highest BCUT2D eigenvalue weighted by Gasteiger charge is 2.36. The van der Waals surface area contributed by atoms with Crippen molar-refractivity contribution in [2.24, 2.45) is 5.41 Å². The molecule has 0 aromatic rings. The minimum absolute atomic E-state index is 0.177. The third-order valence-electron chi connectivity index (χ3n) is 3.45. The summed E-state index contributed by atoms with van der Waals surface area (Å²) in [5, 5.41) is 0. The summed E-state index contributed by atoms with van der Waals surface area (Å²) in [6.07, 6.45) is 2.98. The van der Waals surface area contributed by atoms with Gasteiger partial charge in [-0.2, -0.15) is 0 Å². The largest absolute Gasteiger partial charge is 0.337 e. The fraction of sp³-hybridized carbons (Fsp3) is 0.929. The number of amides is 1. The maximum absolute atomic E-state index is 12.6. The normalized spacial score (nSPS) is 15.3. The Balaban J connectivity index is 4.96. The van der Waals surface area contributed by atoms with Crippen LogP contribution in [0, 0.1) is 5.41 Å². The molecule has 1 atom stereocenters. The highest BCUT2D eigenvalue weighted by atomic mass is 16.2. The molecule has 0 heterocycles. The van der Waals surface area contributed by atoms with Gasteiger partial charge in [-0.25, -0.2) is 0 Å². The lowest BCUT2D eigenvalue weighted by atomic mass is 9.81. The van der Waals surface area contributed by atoms with Crippen LogP contribution in [0.25, 0.3) is 0 Å². The van der Waals surface area contributed by atoms with E-state index in [1.165, 1.54) is 0 Å². The molecule has 0 aliphatic carbocycles. The van der Waals surface area contributed by atoms with Crippen LogP contribution in [0.15, 0.2) is 0 Å². The van der Waals surface area contributed by atoms with E-state index >= 15 is 0 Å². The van der Waals surface area contributed by atoms with Gasteiger partial charge in [-0.3, -0.25) is 4.79 Å². The van der Waals surface area contributed by atoms with Crippen molar-refractivity contribution in [3.8, 4) is 0 Å². The van der Waals surface area contributed by atoms with Gasteiger partial charge in [-0.1, -0.05) is 27.2 Å². The van der Waals surface area contributed by atoms with E-state index in [1.807, 2.05) is 4.90 Å². The lowest BCUT2D eigenvalue weighted by molar-refractivity contribution is -0.145. The maximum atomic E-state index is 12.6. The Bertz CT molecular complexity index is 215. The monoisotopic (exact) mass is 227 g/mol. The van der Waals surface area contributed by atoms with Crippen molar-refractivity contribution in [1.82, 2.24) is 4.90 Å². The number of carbonyl (C=O) groups is 1. The van der Waals surface area contributed by atoms with Gasteiger partial charge in [0.1, 0.15) is 0 Å². The molecule has 0 saturated carbocycles. The molecular formula is C14H29NO. The molecule has 0 aliphatic heterocycles. The first-order valence-electron chi connectivity index (χ1n) is 6.62. The van der Waals surface area contributed by atoms with E-state index in [9.17, 15) is 4.79 Å². The third kappa shape index (κ3) is 3.50. The molecule has 0 aliphatic rings. The molecule has 0 radical (unpaired) electrons. The molecule has 0 aromatic carbocycles. The summed E-state index contributed by atoms with van der Waals surface area (Å²) in [5.74, 6) is 0.321. The van der Waals surface area contributed by atoms with Crippen LogP contribution >= 0.6 is 0 Å². The van der Waals surface area contributed by atoms with Gasteiger partial charge >= 0.3 is 0 Å². The Labute approximate surface area is 101 Å². The standard InChI is InChI=1S/C14H29NO/c1-8-10-14(7,9-2)13(16)15(11(3)4)12(5)6/h11-12H,8-10H2,1-7H3. The highest BCUT2D eigenvalue weighted by Crippen LogP contribution is 2.31. The Hall–Kier alpha value is -0.530. The van der Waals surface area contributed by atoms with E-state index in [0.29, 0.717) is 5.91 Å². The average molecular weight is 227 g/mol. The molecule has 0 aromatic heterocycles. The first kappa shape index (κ1) is 15.5. The van der Waals surface area contributed by atoms with Crippen molar-refractivity contribution in [1.29, 1.82) is 0 Å². The Morgan fingerprint density at radius 1 is 1.12 bits per heavy atom. The summed E-state index contributed by atoms with van der Waals surface area (Å²) in [6.45, 7) is 14.8. The number of hydrogen-bond acceptors (Lipinski definition) is 1. The van der Waals surface area contributed by atoms with Crippen molar-refractivity contribution < 1.29 is 4.79 Å². The van der Waals surface area contributed by atoms with Gasteiger partial charge in [0.2, 0.25) is 5.91 Å². The number of rotatable bonds is 6. The summed E-state index contributed by atoms with van der Waals surface area (Å²) in [6, 6.07) is 0.575. The van der Waals surface area contributed by atoms with E-state index in [2.05, 4.69) is 48.5 Å². The van der Waals surface area contributed by atoms with Gasteiger partial charge in [-0.15, -0.1) is 0 Å². The first-order chi connectivity index (χ1) is 7.30. The second-order valence-electron chi connectivity index (χ2n) is 5.56. The van der Waals surface area contributed by atoms with E-state index < -0.39 is 0 Å². The van der Waals surface area contributed by atoms with Crippen LogP contribution in [0.5, 0.6) is 0 Å². The van der Waals surface area contributed by atoms with Crippen molar-refractivity contribution in [3.63, 3.8) is 0 Å². The minimum atomic E-state index is -0.177. The molecule has 16 heavy (non-hydrogen) atoms. The van der Waals surface area contributed by atoms with Gasteiger partial charge in [-0.05, 0) is 40.5 Å². The van der Waals surface area contributed by atoms with E-state index in [-0.39, 0.29) is 17.5 Å². The van der Waals surface area contributed by atoms with Crippen molar-refractivity contribution >= 4 is 5.91 Å². The predicted molar refractivity (Wildman–Crippen MR) is 70.4 cm³/mol. The molecule has 2 heteroatoms. The second-order valence-corrected chi connectivity index (χ2v) is 5.56. The third-order valence-corrected chi connectivity index (χ3v) is 3.45. The van der Waals surface area contributed by atoms with Crippen LogP contribution in [0.3, 0.4) is 0 Å². The topological polar surface area (TPSA) is 20.3 Å². The van der Waals surface area contributed by atoms with Crippen molar-refractivity contribution in [2.45, 2.75) is 79.8 Å². The summed E-state index contributed by atoms with van der Waals surface area (Å²) in [5.41, 5.74) is -0.177. The minimum Gasteiger partial charge on any atom is -0.337 e. The lowest BCUT2D eigenvalue weighted by Crippen LogP contribution is -2.49. The summed E-state index contributed by atoms with van der Waals surface area (Å²) >= 11 is 0. The number of nitrogens with zero attached hydrogens (tertiary/aromatic N) is 1. The molecular weight excluding hydrogens is 198 g/mol. The van der Waals surface area contributed by atoms with Gasteiger partial charge in [0.25, 0.3) is 0 Å². The fourth-order valence-electron chi connectivity index (χ4n) is 2.36. The highest BCUT2D eigenvalue weighted by molar-refractivity contribution is 5.82. The van der Waals surface area contributed by atoms with E-state index in [1.54, 1.807) is 0 Å². The van der Waals surface area contributed by atoms with Crippen molar-refractivity contribution in [2.75, 3.05) is 0 Å². The first-order valence-corrected chi connectivity index (χ1v) is 6.62. The van der Waals surface area contributed by atoms with E-state index in [0.717, 1.165) is 19.3 Å². The fourth-order valence-corrected chi connectivity index (χ4v) is 2.36. The number of carbonyl (C=O) groups excluding carboxylic acids is 1. The molecule has 0 spiro atoms. The zero-order chi connectivity index (χ0) is 12.9. The Kier molecular flexibility index (Phi) is 6.06. The summed E-state index contributed by atoms with van der Waals surface area (Å²) in [4.78, 5) is 14.6. The molecule has 0 bridgehead atoms. The molecule has 1 amide bonds. The molecule has 2 nitrogen and oxygen atoms in total. The van der Waals surface area contributed by atoms with Crippen LogP contribution in [0.1, 0.15) is 67.7 Å². The van der Waals surface area contributed by atoms with Gasteiger partial charge < -0.3 is 4.90 Å². The van der Waals surface area contributed by atoms with Crippen LogP contribution in [0.4, 0.5) is 0 Å². The zero-order valence-corrected chi connectivity index (χ0v) is 12.1. The zero-order valence-electron chi connectivity index (χ0n) is 12.1. The molecule has 0 N–H and O–H groups in total. The van der Waals surface area contributed by atoms with E-state index in [4.69, 9.17) is 0 Å². The second kappa shape index (κ2) is 6.27. The number of hydrogen-bond donors (Lipinski definition) is 0. The van der Waals surface area contributed by atoms with Gasteiger partial charge in [0, 0.05) is 17.5 Å². The molecule has 1 unspecified atom stereocenters. The Morgan fingerprint density at radius 2 is 1.56 bits per heavy atom. The van der Waals surface area contributed by atoms with Crippen LogP contribution in [0.2, 0.25) is 0 Å². The van der Waals surface area contributed by atoms with Crippen LogP contribution < -0.4 is 0 Å². The van der Waals surface area contributed by atoms with Crippen LogP contribution in [-0.4, -0.2) is 22.9 Å². The summed E-state index contributed by atoms with van der Waals surface area (Å²) < 4.78 is 0. The van der Waals surface area contributed by atoms with Crippen LogP contribution in [-0.2, 0) is 4.79 Å². The van der Waals surface area contributed by atoms with Crippen molar-refractivity contribution in [3.05, 3.63) is 0 Å². The molecule has 0 saturated heterocycles. The quantitative estimate of drug-likeness (QED) is 0.675. The smallest absolute Gasteiger partial charge is 0.228 e. The van der Waals surface area contributed by atoms with Gasteiger partial charge in [0.05, 0.1) is 0 Å².